The van der Waals surface area contributed by atoms with E-state index in [1.807, 2.05) is 6.21 Å². The summed E-state index contributed by atoms with van der Waals surface area (Å²) in [6.45, 7) is 3.25. The second-order valence-electron chi connectivity index (χ2n) is 5.29. The van der Waals surface area contributed by atoms with E-state index in [1.54, 1.807) is 6.20 Å². The summed E-state index contributed by atoms with van der Waals surface area (Å²) in [6.07, 6.45) is 7.05. The summed E-state index contributed by atoms with van der Waals surface area (Å²) < 4.78 is 18.8. The highest BCUT2D eigenvalue weighted by atomic mass is 35.5. The molecule has 3 rings (SSSR count). The van der Waals surface area contributed by atoms with Gasteiger partial charge < -0.3 is 9.64 Å². The highest BCUT2D eigenvalue weighted by Gasteiger charge is 2.22. The molecule has 0 aromatic carbocycles. The van der Waals surface area contributed by atoms with Crippen LogP contribution in [-0.4, -0.2) is 42.4 Å². The van der Waals surface area contributed by atoms with Crippen molar-refractivity contribution in [2.45, 2.75) is 12.8 Å². The quantitative estimate of drug-likeness (QED) is 0.806. The molecule has 1 saturated heterocycles. The molecule has 0 amide bonds. The molecule has 0 spiro atoms. The summed E-state index contributed by atoms with van der Waals surface area (Å²) in [7, 11) is 0. The van der Waals surface area contributed by atoms with Crippen LogP contribution in [0.15, 0.2) is 23.5 Å². The van der Waals surface area contributed by atoms with Crippen LogP contribution in [0, 0.1) is 11.9 Å². The van der Waals surface area contributed by atoms with Gasteiger partial charge in [0.15, 0.2) is 0 Å². The highest BCUT2D eigenvalue weighted by Crippen LogP contribution is 2.29. The van der Waals surface area contributed by atoms with Crippen molar-refractivity contribution in [2.75, 3.05) is 26.3 Å². The molecule has 0 radical (unpaired) electrons. The van der Waals surface area contributed by atoms with Crippen molar-refractivity contribution in [1.82, 2.24) is 9.88 Å². The normalized spacial score (nSPS) is 19.7. The number of pyridine rings is 1. The average molecular weight is 310 g/mol. The average Bonchev–Trinajstić information content (AvgIpc) is 2.51. The minimum Gasteiger partial charge on any atom is -0.381 e. The third kappa shape index (κ3) is 3.41. The maximum absolute atomic E-state index is 13.4. The maximum atomic E-state index is 13.4. The molecule has 2 aliphatic heterocycles. The van der Waals surface area contributed by atoms with Crippen LogP contribution in [0.4, 0.5) is 4.39 Å². The van der Waals surface area contributed by atoms with Crippen molar-refractivity contribution in [2.24, 2.45) is 10.9 Å². The number of halogens is 2. The van der Waals surface area contributed by atoms with Crippen LogP contribution in [0.3, 0.4) is 0 Å². The fourth-order valence-corrected chi connectivity index (χ4v) is 2.91. The Morgan fingerprint density at radius 1 is 1.38 bits per heavy atom. The summed E-state index contributed by atoms with van der Waals surface area (Å²) >= 11 is 6.17. The first-order valence-electron chi connectivity index (χ1n) is 7.10. The van der Waals surface area contributed by atoms with Gasteiger partial charge in [-0.1, -0.05) is 11.6 Å². The highest BCUT2D eigenvalue weighted by molar-refractivity contribution is 6.32. The van der Waals surface area contributed by atoms with Crippen LogP contribution in [0.25, 0.3) is 5.70 Å². The number of hydrogen-bond acceptors (Lipinski definition) is 4. The molecule has 1 aromatic heterocycles. The molecule has 0 unspecified atom stereocenters. The molecule has 1 fully saturated rings. The van der Waals surface area contributed by atoms with E-state index in [0.29, 0.717) is 23.0 Å². The molecular weight excluding hydrogens is 293 g/mol. The van der Waals surface area contributed by atoms with Crippen molar-refractivity contribution in [3.63, 3.8) is 0 Å². The van der Waals surface area contributed by atoms with Crippen molar-refractivity contribution in [3.05, 3.63) is 35.0 Å². The van der Waals surface area contributed by atoms with Crippen LogP contribution in [0.5, 0.6) is 0 Å². The summed E-state index contributed by atoms with van der Waals surface area (Å²) in [4.78, 5) is 9.97. The lowest BCUT2D eigenvalue weighted by Crippen LogP contribution is -2.34. The SMILES string of the molecule is Fc1cc(C2=CN=CCN2CC2CCOCC2)c(Cl)cn1. The predicted octanol–water partition coefficient (Wildman–Crippen LogP) is 2.99. The van der Waals surface area contributed by atoms with Crippen molar-refractivity contribution >= 4 is 23.5 Å². The van der Waals surface area contributed by atoms with Crippen molar-refractivity contribution in [3.8, 4) is 0 Å². The van der Waals surface area contributed by atoms with E-state index in [4.69, 9.17) is 16.3 Å². The standard InChI is InChI=1S/C15H17ClFN3O/c16-13-8-19-15(17)7-12(13)14-9-18-3-4-20(14)10-11-1-5-21-6-2-11/h3,7-9,11H,1-2,4-6,10H2. The van der Waals surface area contributed by atoms with E-state index >= 15 is 0 Å². The molecule has 4 nitrogen and oxygen atoms in total. The smallest absolute Gasteiger partial charge is 0.213 e. The molecule has 0 saturated carbocycles. The molecular formula is C15H17ClFN3O. The lowest BCUT2D eigenvalue weighted by molar-refractivity contribution is 0.0599. The number of hydrogen-bond donors (Lipinski definition) is 0. The van der Waals surface area contributed by atoms with Gasteiger partial charge >= 0.3 is 0 Å². The topological polar surface area (TPSA) is 37.7 Å². The first-order chi connectivity index (χ1) is 10.2. The third-order valence-corrected chi connectivity index (χ3v) is 4.16. The van der Waals surface area contributed by atoms with Gasteiger partial charge in [0.2, 0.25) is 5.95 Å². The van der Waals surface area contributed by atoms with E-state index in [0.717, 1.165) is 38.3 Å². The van der Waals surface area contributed by atoms with E-state index in [9.17, 15) is 4.39 Å². The fraction of sp³-hybridized carbons (Fsp3) is 0.467. The van der Waals surface area contributed by atoms with Crippen LogP contribution < -0.4 is 0 Å². The second kappa shape index (κ2) is 6.54. The summed E-state index contributed by atoms with van der Waals surface area (Å²) in [6, 6.07) is 1.37. The molecule has 2 aliphatic rings. The van der Waals surface area contributed by atoms with Crippen LogP contribution in [0.2, 0.25) is 5.02 Å². The zero-order valence-electron chi connectivity index (χ0n) is 11.6. The number of aliphatic imine (C=N–C) groups is 1. The van der Waals surface area contributed by atoms with Gasteiger partial charge in [-0.15, -0.1) is 0 Å². The monoisotopic (exact) mass is 309 g/mol. The lowest BCUT2D eigenvalue weighted by atomic mass is 9.98. The van der Waals surface area contributed by atoms with E-state index in [2.05, 4.69) is 14.9 Å². The Labute approximate surface area is 128 Å². The van der Waals surface area contributed by atoms with Gasteiger partial charge in [0.25, 0.3) is 0 Å². The number of aromatic nitrogens is 1. The number of nitrogens with zero attached hydrogens (tertiary/aromatic N) is 3. The minimum absolute atomic E-state index is 0.441. The van der Waals surface area contributed by atoms with E-state index < -0.39 is 5.95 Å². The molecule has 0 aliphatic carbocycles. The van der Waals surface area contributed by atoms with Gasteiger partial charge in [0, 0.05) is 43.8 Å². The van der Waals surface area contributed by atoms with Crippen molar-refractivity contribution in [1.29, 1.82) is 0 Å². The molecule has 0 N–H and O–H groups in total. The Kier molecular flexibility index (Phi) is 4.51. The van der Waals surface area contributed by atoms with Gasteiger partial charge in [0.05, 0.1) is 23.5 Å². The third-order valence-electron chi connectivity index (χ3n) is 3.86. The largest absolute Gasteiger partial charge is 0.381 e. The molecule has 112 valence electrons. The van der Waals surface area contributed by atoms with Gasteiger partial charge in [-0.3, -0.25) is 4.99 Å². The number of rotatable bonds is 3. The van der Waals surface area contributed by atoms with Gasteiger partial charge in [-0.2, -0.15) is 4.39 Å². The fourth-order valence-electron chi connectivity index (χ4n) is 2.71. The Bertz CT molecular complexity index is 570. The minimum atomic E-state index is -0.532. The maximum Gasteiger partial charge on any atom is 0.213 e. The molecule has 0 atom stereocenters. The first kappa shape index (κ1) is 14.5. The molecule has 6 heteroatoms. The molecule has 0 bridgehead atoms. The van der Waals surface area contributed by atoms with E-state index in [-0.39, 0.29) is 0 Å². The summed E-state index contributed by atoms with van der Waals surface area (Å²) in [5, 5.41) is 0.441. The van der Waals surface area contributed by atoms with Crippen LogP contribution >= 0.6 is 11.6 Å². The summed E-state index contributed by atoms with van der Waals surface area (Å²) in [5.74, 6) is 0.0509. The Morgan fingerprint density at radius 3 is 3.00 bits per heavy atom. The summed E-state index contributed by atoms with van der Waals surface area (Å²) in [5.41, 5.74) is 1.50. The molecule has 1 aromatic rings. The zero-order valence-corrected chi connectivity index (χ0v) is 12.4. The zero-order chi connectivity index (χ0) is 14.7. The Morgan fingerprint density at radius 2 is 2.19 bits per heavy atom. The van der Waals surface area contributed by atoms with Gasteiger partial charge in [-0.05, 0) is 18.8 Å². The lowest BCUT2D eigenvalue weighted by Gasteiger charge is -2.33. The van der Waals surface area contributed by atoms with Crippen molar-refractivity contribution < 1.29 is 9.13 Å². The van der Waals surface area contributed by atoms with Gasteiger partial charge in [-0.25, -0.2) is 4.98 Å². The Hall–Kier alpha value is -1.46. The van der Waals surface area contributed by atoms with Crippen LogP contribution in [-0.2, 0) is 4.74 Å². The molecule has 21 heavy (non-hydrogen) atoms. The van der Waals surface area contributed by atoms with Crippen LogP contribution in [0.1, 0.15) is 18.4 Å². The number of ether oxygens (including phenoxy) is 1. The predicted molar refractivity (Wildman–Crippen MR) is 80.8 cm³/mol. The van der Waals surface area contributed by atoms with E-state index in [1.165, 1.54) is 12.3 Å². The molecule has 3 heterocycles. The Balaban J connectivity index is 1.82. The first-order valence-corrected chi connectivity index (χ1v) is 7.48. The second-order valence-corrected chi connectivity index (χ2v) is 5.70. The van der Waals surface area contributed by atoms with Gasteiger partial charge in [0.1, 0.15) is 0 Å².